The van der Waals surface area contributed by atoms with Gasteiger partial charge in [-0.3, -0.25) is 4.79 Å². The van der Waals surface area contributed by atoms with E-state index in [1.165, 1.54) is 44.9 Å². The molecule has 2 aliphatic carbocycles. The van der Waals surface area contributed by atoms with E-state index < -0.39 is 0 Å². The van der Waals surface area contributed by atoms with Crippen molar-refractivity contribution in [1.29, 1.82) is 0 Å². The first kappa shape index (κ1) is 14.2. The predicted octanol–water partition coefficient (Wildman–Crippen LogP) is 2.92. The molecule has 5 heteroatoms. The summed E-state index contributed by atoms with van der Waals surface area (Å²) in [5.41, 5.74) is 0. The number of aromatic nitrogens is 2. The molecule has 1 atom stereocenters. The van der Waals surface area contributed by atoms with E-state index in [1.54, 1.807) is 0 Å². The zero-order valence-corrected chi connectivity index (χ0v) is 13.2. The van der Waals surface area contributed by atoms with Gasteiger partial charge in [0.05, 0.1) is 0 Å². The van der Waals surface area contributed by atoms with Crippen molar-refractivity contribution in [2.45, 2.75) is 63.7 Å². The maximum absolute atomic E-state index is 12.1. The first-order chi connectivity index (χ1) is 10.8. The van der Waals surface area contributed by atoms with E-state index in [9.17, 15) is 4.79 Å². The average Bonchev–Trinajstić information content (AvgIpc) is 2.99. The van der Waals surface area contributed by atoms with Crippen LogP contribution in [0.25, 0.3) is 0 Å². The van der Waals surface area contributed by atoms with Gasteiger partial charge in [0.1, 0.15) is 0 Å². The average molecular weight is 303 g/mol. The molecule has 2 heterocycles. The lowest BCUT2D eigenvalue weighted by Crippen LogP contribution is -2.33. The number of aryl methyl sites for hydroxylation is 1. The van der Waals surface area contributed by atoms with Crippen LogP contribution in [0.5, 0.6) is 0 Å². The first-order valence-electron chi connectivity index (χ1n) is 8.88. The largest absolute Gasteiger partial charge is 0.342 e. The molecule has 0 N–H and O–H groups in total. The second-order valence-electron chi connectivity index (χ2n) is 7.38. The van der Waals surface area contributed by atoms with Crippen molar-refractivity contribution in [2.75, 3.05) is 13.1 Å². The van der Waals surface area contributed by atoms with E-state index in [1.807, 2.05) is 4.90 Å². The van der Waals surface area contributed by atoms with Gasteiger partial charge < -0.3 is 9.42 Å². The maximum atomic E-state index is 12.1. The van der Waals surface area contributed by atoms with Gasteiger partial charge in [0.2, 0.25) is 11.8 Å². The van der Waals surface area contributed by atoms with Gasteiger partial charge in [-0.25, -0.2) is 0 Å². The minimum atomic E-state index is 0.133. The van der Waals surface area contributed by atoms with E-state index in [4.69, 9.17) is 4.52 Å². The van der Waals surface area contributed by atoms with E-state index in [0.717, 1.165) is 43.1 Å². The highest BCUT2D eigenvalue weighted by atomic mass is 16.5. The van der Waals surface area contributed by atoms with Gasteiger partial charge in [-0.05, 0) is 31.1 Å². The Bertz CT molecular complexity index is 534. The van der Waals surface area contributed by atoms with E-state index in [2.05, 4.69) is 10.1 Å². The van der Waals surface area contributed by atoms with Gasteiger partial charge in [-0.15, -0.1) is 0 Å². The molecular formula is C17H25N3O2. The van der Waals surface area contributed by atoms with Crippen molar-refractivity contribution in [3.05, 3.63) is 11.7 Å². The lowest BCUT2D eigenvalue weighted by molar-refractivity contribution is -0.128. The standard InChI is InChI=1S/C17H25N3O2/c21-16-9-14(11-20(16)10-13-5-2-6-13)17-18-15(22-19-17)8-7-12-3-1-4-12/h12-14H,1-11H2. The van der Waals surface area contributed by atoms with Crippen LogP contribution in [0.3, 0.4) is 0 Å². The Balaban J connectivity index is 1.31. The Morgan fingerprint density at radius 2 is 1.91 bits per heavy atom. The summed E-state index contributed by atoms with van der Waals surface area (Å²) in [5, 5.41) is 4.14. The Kier molecular flexibility index (Phi) is 3.89. The third-order valence-corrected chi connectivity index (χ3v) is 5.76. The predicted molar refractivity (Wildman–Crippen MR) is 81.2 cm³/mol. The zero-order valence-electron chi connectivity index (χ0n) is 13.2. The van der Waals surface area contributed by atoms with Crippen LogP contribution in [0, 0.1) is 11.8 Å². The maximum Gasteiger partial charge on any atom is 0.226 e. The van der Waals surface area contributed by atoms with Crippen molar-refractivity contribution < 1.29 is 9.32 Å². The highest BCUT2D eigenvalue weighted by molar-refractivity contribution is 5.79. The van der Waals surface area contributed by atoms with Gasteiger partial charge in [0.25, 0.3) is 0 Å². The van der Waals surface area contributed by atoms with Gasteiger partial charge in [0, 0.05) is 31.8 Å². The van der Waals surface area contributed by atoms with Gasteiger partial charge in [-0.1, -0.05) is 30.8 Å². The molecule has 0 bridgehead atoms. The molecule has 3 fully saturated rings. The molecule has 1 aromatic heterocycles. The third kappa shape index (κ3) is 2.90. The van der Waals surface area contributed by atoms with Crippen molar-refractivity contribution in [3.8, 4) is 0 Å². The molecule has 3 aliphatic rings. The van der Waals surface area contributed by atoms with Gasteiger partial charge in [-0.2, -0.15) is 4.98 Å². The van der Waals surface area contributed by atoms with Crippen LogP contribution in [0.2, 0.25) is 0 Å². The lowest BCUT2D eigenvalue weighted by atomic mass is 9.82. The molecule has 0 spiro atoms. The Labute approximate surface area is 131 Å². The number of nitrogens with zero attached hydrogens (tertiary/aromatic N) is 3. The first-order valence-corrected chi connectivity index (χ1v) is 8.88. The van der Waals surface area contributed by atoms with Crippen LogP contribution in [-0.2, 0) is 11.2 Å². The van der Waals surface area contributed by atoms with Gasteiger partial charge in [0.15, 0.2) is 5.82 Å². The molecule has 1 aliphatic heterocycles. The summed E-state index contributed by atoms with van der Waals surface area (Å²) < 4.78 is 5.39. The molecule has 1 unspecified atom stereocenters. The fourth-order valence-electron chi connectivity index (χ4n) is 3.75. The van der Waals surface area contributed by atoms with Crippen molar-refractivity contribution in [3.63, 3.8) is 0 Å². The van der Waals surface area contributed by atoms with Crippen LogP contribution in [0.4, 0.5) is 0 Å². The second kappa shape index (κ2) is 6.01. The third-order valence-electron chi connectivity index (χ3n) is 5.76. The molecule has 1 amide bonds. The number of carbonyl (C=O) groups is 1. The van der Waals surface area contributed by atoms with Crippen LogP contribution in [-0.4, -0.2) is 34.0 Å². The molecule has 1 aromatic rings. The lowest BCUT2D eigenvalue weighted by Gasteiger charge is -2.30. The quantitative estimate of drug-likeness (QED) is 0.810. The smallest absolute Gasteiger partial charge is 0.226 e. The summed E-state index contributed by atoms with van der Waals surface area (Å²) in [4.78, 5) is 18.7. The normalized spacial score (nSPS) is 26.3. The molecule has 5 nitrogen and oxygen atoms in total. The Hall–Kier alpha value is -1.39. The van der Waals surface area contributed by atoms with Crippen LogP contribution >= 0.6 is 0 Å². The summed E-state index contributed by atoms with van der Waals surface area (Å²) >= 11 is 0. The topological polar surface area (TPSA) is 59.2 Å². The fraction of sp³-hybridized carbons (Fsp3) is 0.824. The summed E-state index contributed by atoms with van der Waals surface area (Å²) in [6.07, 6.45) is 10.6. The molecular weight excluding hydrogens is 278 g/mol. The highest BCUT2D eigenvalue weighted by Crippen LogP contribution is 2.33. The number of amides is 1. The molecule has 4 rings (SSSR count). The molecule has 0 aromatic carbocycles. The number of hydrogen-bond donors (Lipinski definition) is 0. The number of hydrogen-bond acceptors (Lipinski definition) is 4. The molecule has 22 heavy (non-hydrogen) atoms. The summed E-state index contributed by atoms with van der Waals surface area (Å²) in [6.45, 7) is 1.71. The molecule has 2 saturated carbocycles. The SMILES string of the molecule is O=C1CC(c2noc(CCC3CCC3)n2)CN1CC1CCC1. The molecule has 0 radical (unpaired) electrons. The highest BCUT2D eigenvalue weighted by Gasteiger charge is 2.35. The van der Waals surface area contributed by atoms with Crippen molar-refractivity contribution in [1.82, 2.24) is 15.0 Å². The van der Waals surface area contributed by atoms with Gasteiger partial charge >= 0.3 is 0 Å². The van der Waals surface area contributed by atoms with Crippen molar-refractivity contribution >= 4 is 5.91 Å². The van der Waals surface area contributed by atoms with Crippen LogP contribution < -0.4 is 0 Å². The number of rotatable bonds is 6. The van der Waals surface area contributed by atoms with Crippen LogP contribution in [0.15, 0.2) is 4.52 Å². The zero-order chi connectivity index (χ0) is 14.9. The second-order valence-corrected chi connectivity index (χ2v) is 7.38. The number of carbonyl (C=O) groups excluding carboxylic acids is 1. The minimum Gasteiger partial charge on any atom is -0.342 e. The van der Waals surface area contributed by atoms with Crippen molar-refractivity contribution in [2.24, 2.45) is 11.8 Å². The van der Waals surface area contributed by atoms with E-state index in [-0.39, 0.29) is 11.8 Å². The molecule has 120 valence electrons. The monoisotopic (exact) mass is 303 g/mol. The van der Waals surface area contributed by atoms with Crippen LogP contribution in [0.1, 0.15) is 69.0 Å². The summed E-state index contributed by atoms with van der Waals surface area (Å²) in [7, 11) is 0. The number of likely N-dealkylation sites (tertiary alicyclic amines) is 1. The Morgan fingerprint density at radius 3 is 2.59 bits per heavy atom. The summed E-state index contributed by atoms with van der Waals surface area (Å²) in [6, 6.07) is 0. The Morgan fingerprint density at radius 1 is 1.14 bits per heavy atom. The summed E-state index contributed by atoms with van der Waals surface area (Å²) in [5.74, 6) is 3.48. The van der Waals surface area contributed by atoms with E-state index in [0.29, 0.717) is 6.42 Å². The minimum absolute atomic E-state index is 0.133. The molecule has 1 saturated heterocycles. The fourth-order valence-corrected chi connectivity index (χ4v) is 3.75. The van der Waals surface area contributed by atoms with E-state index >= 15 is 0 Å².